The first-order valence-electron chi connectivity index (χ1n) is 7.26. The molecule has 2 N–H and O–H groups in total. The van der Waals surface area contributed by atoms with Crippen LogP contribution in [-0.4, -0.2) is 19.7 Å². The smallest absolute Gasteiger partial charge is 0.319 e. The number of benzene rings is 2. The Morgan fingerprint density at radius 1 is 1.05 bits per heavy atom. The molecule has 0 aromatic heterocycles. The highest BCUT2D eigenvalue weighted by molar-refractivity contribution is 5.90. The van der Waals surface area contributed by atoms with E-state index in [0.29, 0.717) is 18.0 Å². The summed E-state index contributed by atoms with van der Waals surface area (Å²) >= 11 is 0. The van der Waals surface area contributed by atoms with E-state index >= 15 is 0 Å². The lowest BCUT2D eigenvalue weighted by molar-refractivity contribution is 0.249. The molecule has 0 unspecified atom stereocenters. The maximum absolute atomic E-state index is 12.1. The Morgan fingerprint density at radius 3 is 2.36 bits per heavy atom. The van der Waals surface area contributed by atoms with Gasteiger partial charge in [-0.25, -0.2) is 4.79 Å². The lowest BCUT2D eigenvalue weighted by atomic mass is 9.85. The number of methoxy groups -OCH3 is 1. The number of rotatable bonds is 5. The van der Waals surface area contributed by atoms with Crippen molar-refractivity contribution in [2.24, 2.45) is 0 Å². The molecule has 0 aliphatic carbocycles. The molecule has 2 rings (SSSR count). The van der Waals surface area contributed by atoms with Crippen LogP contribution in [0.1, 0.15) is 19.4 Å². The quantitative estimate of drug-likeness (QED) is 0.882. The number of ether oxygens (including phenoxy) is 1. The van der Waals surface area contributed by atoms with E-state index < -0.39 is 0 Å². The number of anilines is 1. The second-order valence-corrected chi connectivity index (χ2v) is 5.76. The summed E-state index contributed by atoms with van der Waals surface area (Å²) in [5, 5.41) is 5.73. The zero-order chi connectivity index (χ0) is 16.0. The van der Waals surface area contributed by atoms with Crippen LogP contribution in [0.5, 0.6) is 5.75 Å². The maximum atomic E-state index is 12.1. The van der Waals surface area contributed by atoms with Crippen LogP contribution in [0.15, 0.2) is 54.6 Å². The highest BCUT2D eigenvalue weighted by Crippen LogP contribution is 2.24. The van der Waals surface area contributed by atoms with Crippen LogP contribution in [0.3, 0.4) is 0 Å². The number of carbonyl (C=O) groups excluding carboxylic acids is 1. The molecule has 0 bridgehead atoms. The van der Waals surface area contributed by atoms with Gasteiger partial charge in [0.05, 0.1) is 12.8 Å². The summed E-state index contributed by atoms with van der Waals surface area (Å²) in [6, 6.07) is 17.2. The van der Waals surface area contributed by atoms with Gasteiger partial charge in [0.25, 0.3) is 0 Å². The van der Waals surface area contributed by atoms with Crippen LogP contribution in [0.2, 0.25) is 0 Å². The van der Waals surface area contributed by atoms with Gasteiger partial charge in [-0.1, -0.05) is 56.3 Å². The third-order valence-electron chi connectivity index (χ3n) is 3.60. The zero-order valence-corrected chi connectivity index (χ0v) is 13.2. The van der Waals surface area contributed by atoms with Gasteiger partial charge in [0, 0.05) is 12.0 Å². The molecule has 2 aromatic rings. The molecule has 2 aromatic carbocycles. The molecule has 22 heavy (non-hydrogen) atoms. The summed E-state index contributed by atoms with van der Waals surface area (Å²) in [5.41, 5.74) is 1.70. The summed E-state index contributed by atoms with van der Waals surface area (Å²) in [4.78, 5) is 12.1. The van der Waals surface area contributed by atoms with Crippen LogP contribution in [0.4, 0.5) is 10.5 Å². The number of amides is 2. The molecule has 2 amide bonds. The van der Waals surface area contributed by atoms with Crippen molar-refractivity contribution in [3.63, 3.8) is 0 Å². The van der Waals surface area contributed by atoms with Crippen molar-refractivity contribution in [1.29, 1.82) is 0 Å². The van der Waals surface area contributed by atoms with E-state index in [2.05, 4.69) is 36.6 Å². The number of carbonyl (C=O) groups is 1. The zero-order valence-electron chi connectivity index (χ0n) is 13.2. The van der Waals surface area contributed by atoms with E-state index in [9.17, 15) is 4.79 Å². The molecule has 0 radical (unpaired) electrons. The van der Waals surface area contributed by atoms with Gasteiger partial charge in [-0.05, 0) is 17.7 Å². The van der Waals surface area contributed by atoms with Gasteiger partial charge in [0.2, 0.25) is 0 Å². The summed E-state index contributed by atoms with van der Waals surface area (Å²) in [6.45, 7) is 4.75. The second-order valence-electron chi connectivity index (χ2n) is 5.76. The summed E-state index contributed by atoms with van der Waals surface area (Å²) in [7, 11) is 1.58. The number of para-hydroxylation sites is 2. The monoisotopic (exact) mass is 298 g/mol. The van der Waals surface area contributed by atoms with Gasteiger partial charge >= 0.3 is 6.03 Å². The van der Waals surface area contributed by atoms with Gasteiger partial charge in [-0.2, -0.15) is 0 Å². The third kappa shape index (κ3) is 4.01. The number of nitrogens with one attached hydrogen (secondary N) is 2. The van der Waals surface area contributed by atoms with Gasteiger partial charge < -0.3 is 15.4 Å². The van der Waals surface area contributed by atoms with Crippen LogP contribution in [0, 0.1) is 0 Å². The second kappa shape index (κ2) is 6.98. The van der Waals surface area contributed by atoms with E-state index in [1.165, 1.54) is 5.56 Å². The lowest BCUT2D eigenvalue weighted by Crippen LogP contribution is -2.39. The minimum atomic E-state index is -0.242. The molecule has 0 heterocycles. The fourth-order valence-electron chi connectivity index (χ4n) is 2.21. The maximum Gasteiger partial charge on any atom is 0.319 e. The minimum Gasteiger partial charge on any atom is -0.495 e. The lowest BCUT2D eigenvalue weighted by Gasteiger charge is -2.25. The topological polar surface area (TPSA) is 50.4 Å². The van der Waals surface area contributed by atoms with E-state index in [4.69, 9.17) is 4.74 Å². The van der Waals surface area contributed by atoms with Gasteiger partial charge in [-0.15, -0.1) is 0 Å². The fourth-order valence-corrected chi connectivity index (χ4v) is 2.21. The van der Waals surface area contributed by atoms with Crippen molar-refractivity contribution in [2.75, 3.05) is 19.0 Å². The highest BCUT2D eigenvalue weighted by Gasteiger charge is 2.21. The first-order valence-corrected chi connectivity index (χ1v) is 7.26. The van der Waals surface area contributed by atoms with Crippen LogP contribution < -0.4 is 15.4 Å². The van der Waals surface area contributed by atoms with Crippen molar-refractivity contribution in [3.8, 4) is 5.75 Å². The number of hydrogen-bond donors (Lipinski definition) is 2. The fraction of sp³-hybridized carbons (Fsp3) is 0.278. The molecule has 0 spiro atoms. The van der Waals surface area contributed by atoms with Crippen molar-refractivity contribution < 1.29 is 9.53 Å². The molecule has 0 saturated heterocycles. The predicted molar refractivity (Wildman–Crippen MR) is 89.5 cm³/mol. The van der Waals surface area contributed by atoms with Crippen molar-refractivity contribution in [2.45, 2.75) is 19.3 Å². The predicted octanol–water partition coefficient (Wildman–Crippen LogP) is 3.79. The molecule has 4 nitrogen and oxygen atoms in total. The Morgan fingerprint density at radius 2 is 1.68 bits per heavy atom. The molecular weight excluding hydrogens is 276 g/mol. The molecule has 0 saturated carbocycles. The van der Waals surface area contributed by atoms with E-state index in [1.54, 1.807) is 13.2 Å². The molecule has 0 fully saturated rings. The Kier molecular flexibility index (Phi) is 5.04. The minimum absolute atomic E-state index is 0.140. The van der Waals surface area contributed by atoms with Crippen LogP contribution in [-0.2, 0) is 5.41 Å². The first-order chi connectivity index (χ1) is 10.5. The van der Waals surface area contributed by atoms with Gasteiger partial charge in [-0.3, -0.25) is 0 Å². The molecule has 116 valence electrons. The van der Waals surface area contributed by atoms with E-state index in [0.717, 1.165) is 0 Å². The van der Waals surface area contributed by atoms with Gasteiger partial charge in [0.15, 0.2) is 0 Å². The molecule has 0 atom stereocenters. The SMILES string of the molecule is COc1ccccc1NC(=O)NCC(C)(C)c1ccccc1. The average molecular weight is 298 g/mol. The van der Waals surface area contributed by atoms with Crippen molar-refractivity contribution >= 4 is 11.7 Å². The summed E-state index contributed by atoms with van der Waals surface area (Å²) < 4.78 is 5.22. The Bertz CT molecular complexity index is 624. The highest BCUT2D eigenvalue weighted by atomic mass is 16.5. The summed E-state index contributed by atoms with van der Waals surface area (Å²) in [6.07, 6.45) is 0. The molecule has 4 heteroatoms. The summed E-state index contributed by atoms with van der Waals surface area (Å²) in [5.74, 6) is 0.639. The Hall–Kier alpha value is -2.49. The Balaban J connectivity index is 1.95. The normalized spacial score (nSPS) is 10.9. The number of urea groups is 1. The molecular formula is C18H22N2O2. The number of hydrogen-bond acceptors (Lipinski definition) is 2. The Labute approximate surface area is 131 Å². The average Bonchev–Trinajstić information content (AvgIpc) is 2.54. The molecule has 0 aliphatic heterocycles. The molecule has 0 aliphatic rings. The van der Waals surface area contributed by atoms with E-state index in [-0.39, 0.29) is 11.4 Å². The standard InChI is InChI=1S/C18H22N2O2/c1-18(2,14-9-5-4-6-10-14)13-19-17(21)20-15-11-7-8-12-16(15)22-3/h4-12H,13H2,1-3H3,(H2,19,20,21). The largest absolute Gasteiger partial charge is 0.495 e. The van der Waals surface area contributed by atoms with Crippen molar-refractivity contribution in [3.05, 3.63) is 60.2 Å². The van der Waals surface area contributed by atoms with E-state index in [1.807, 2.05) is 36.4 Å². The van der Waals surface area contributed by atoms with Crippen LogP contribution in [0.25, 0.3) is 0 Å². The van der Waals surface area contributed by atoms with Gasteiger partial charge in [0.1, 0.15) is 5.75 Å². The van der Waals surface area contributed by atoms with Crippen molar-refractivity contribution in [1.82, 2.24) is 5.32 Å². The first kappa shape index (κ1) is 15.9. The van der Waals surface area contributed by atoms with Crippen LogP contribution >= 0.6 is 0 Å². The third-order valence-corrected chi connectivity index (χ3v) is 3.60.